The highest BCUT2D eigenvalue weighted by atomic mass is 32.2. The number of sulfonamides is 1. The van der Waals surface area contributed by atoms with Gasteiger partial charge in [-0.1, -0.05) is 54.6 Å². The van der Waals surface area contributed by atoms with Gasteiger partial charge in [0.1, 0.15) is 0 Å². The van der Waals surface area contributed by atoms with Crippen LogP contribution in [0.25, 0.3) is 10.8 Å². The van der Waals surface area contributed by atoms with Crippen LogP contribution in [0, 0.1) is 0 Å². The summed E-state index contributed by atoms with van der Waals surface area (Å²) < 4.78 is 26.0. The summed E-state index contributed by atoms with van der Waals surface area (Å²) >= 11 is 0. The second-order valence-corrected chi connectivity index (χ2v) is 7.69. The number of hydrogen-bond acceptors (Lipinski definition) is 3. The van der Waals surface area contributed by atoms with Gasteiger partial charge in [0.05, 0.1) is 11.4 Å². The smallest absolute Gasteiger partial charge is 0.243 e. The molecule has 0 atom stereocenters. The van der Waals surface area contributed by atoms with Gasteiger partial charge in [0.25, 0.3) is 0 Å². The van der Waals surface area contributed by atoms with Crippen LogP contribution in [-0.2, 0) is 14.8 Å². The van der Waals surface area contributed by atoms with Gasteiger partial charge >= 0.3 is 0 Å². The van der Waals surface area contributed by atoms with Crippen LogP contribution < -0.4 is 5.32 Å². The summed E-state index contributed by atoms with van der Waals surface area (Å²) in [5.41, 5.74) is 0.661. The first-order valence-corrected chi connectivity index (χ1v) is 9.21. The number of carbonyl (C=O) groups is 1. The quantitative estimate of drug-likeness (QED) is 0.766. The highest BCUT2D eigenvalue weighted by Gasteiger charge is 2.22. The molecule has 0 saturated heterocycles. The number of anilines is 1. The van der Waals surface area contributed by atoms with Crippen LogP contribution in [0.1, 0.15) is 0 Å². The molecular weight excluding hydrogens is 336 g/mol. The molecule has 0 aliphatic carbocycles. The fourth-order valence-corrected chi connectivity index (χ4v) is 3.73. The molecule has 0 aromatic heterocycles. The van der Waals surface area contributed by atoms with Gasteiger partial charge in [-0.2, -0.15) is 4.31 Å². The van der Waals surface area contributed by atoms with E-state index in [-0.39, 0.29) is 11.4 Å². The van der Waals surface area contributed by atoms with Gasteiger partial charge in [-0.3, -0.25) is 4.79 Å². The van der Waals surface area contributed by atoms with Crippen LogP contribution >= 0.6 is 0 Å². The van der Waals surface area contributed by atoms with Crippen LogP contribution in [-0.4, -0.2) is 32.2 Å². The van der Waals surface area contributed by atoms with E-state index in [0.29, 0.717) is 5.69 Å². The van der Waals surface area contributed by atoms with Gasteiger partial charge in [0, 0.05) is 18.1 Å². The Balaban J connectivity index is 1.76. The SMILES string of the molecule is CN(CC(=O)Nc1cccc2ccccc12)S(=O)(=O)c1ccccc1. The predicted molar refractivity (Wildman–Crippen MR) is 98.8 cm³/mol. The summed E-state index contributed by atoms with van der Waals surface area (Å²) in [7, 11) is -2.30. The summed E-state index contributed by atoms with van der Waals surface area (Å²) in [5.74, 6) is -0.390. The topological polar surface area (TPSA) is 66.5 Å². The van der Waals surface area contributed by atoms with Gasteiger partial charge in [-0.05, 0) is 23.6 Å². The van der Waals surface area contributed by atoms with Crippen LogP contribution in [0.2, 0.25) is 0 Å². The van der Waals surface area contributed by atoms with Crippen molar-refractivity contribution < 1.29 is 13.2 Å². The van der Waals surface area contributed by atoms with Crippen molar-refractivity contribution in [2.45, 2.75) is 4.90 Å². The van der Waals surface area contributed by atoms with Crippen molar-refractivity contribution in [3.8, 4) is 0 Å². The van der Waals surface area contributed by atoms with E-state index in [1.807, 2.05) is 36.4 Å². The monoisotopic (exact) mass is 354 g/mol. The fourth-order valence-electron chi connectivity index (χ4n) is 2.58. The maximum Gasteiger partial charge on any atom is 0.243 e. The Hall–Kier alpha value is -2.70. The summed E-state index contributed by atoms with van der Waals surface area (Å²) in [6, 6.07) is 21.3. The van der Waals surface area contributed by atoms with Crippen LogP contribution in [0.15, 0.2) is 77.7 Å². The van der Waals surface area contributed by atoms with E-state index < -0.39 is 15.9 Å². The third kappa shape index (κ3) is 3.70. The lowest BCUT2D eigenvalue weighted by Crippen LogP contribution is -2.34. The van der Waals surface area contributed by atoms with Crippen LogP contribution in [0.4, 0.5) is 5.69 Å². The van der Waals surface area contributed by atoms with E-state index >= 15 is 0 Å². The van der Waals surface area contributed by atoms with Crippen molar-refractivity contribution in [3.63, 3.8) is 0 Å². The average Bonchev–Trinajstić information content (AvgIpc) is 2.62. The Kier molecular flexibility index (Phi) is 4.83. The number of hydrogen-bond donors (Lipinski definition) is 1. The largest absolute Gasteiger partial charge is 0.324 e. The first-order valence-electron chi connectivity index (χ1n) is 7.77. The van der Waals surface area contributed by atoms with Gasteiger partial charge < -0.3 is 5.32 Å². The summed E-state index contributed by atoms with van der Waals surface area (Å²) in [5, 5.41) is 4.71. The van der Waals surface area contributed by atoms with Gasteiger partial charge in [-0.25, -0.2) is 8.42 Å². The molecule has 3 aromatic carbocycles. The van der Waals surface area contributed by atoms with Crippen molar-refractivity contribution in [1.82, 2.24) is 4.31 Å². The minimum absolute atomic E-state index is 0.162. The molecule has 0 aliphatic heterocycles. The zero-order chi connectivity index (χ0) is 17.9. The van der Waals surface area contributed by atoms with Crippen molar-refractivity contribution in [1.29, 1.82) is 0 Å². The van der Waals surface area contributed by atoms with E-state index in [1.54, 1.807) is 24.3 Å². The normalized spacial score (nSPS) is 11.6. The van der Waals surface area contributed by atoms with Crippen molar-refractivity contribution in [2.75, 3.05) is 18.9 Å². The highest BCUT2D eigenvalue weighted by Crippen LogP contribution is 2.23. The van der Waals surface area contributed by atoms with Gasteiger partial charge in [0.2, 0.25) is 15.9 Å². The molecule has 0 unspecified atom stereocenters. The minimum Gasteiger partial charge on any atom is -0.324 e. The fraction of sp³-hybridized carbons (Fsp3) is 0.105. The first kappa shape index (κ1) is 17.1. The molecule has 0 aliphatic rings. The number of rotatable bonds is 5. The predicted octanol–water partition coefficient (Wildman–Crippen LogP) is 3.10. The molecule has 3 rings (SSSR count). The molecule has 1 amide bonds. The third-order valence-electron chi connectivity index (χ3n) is 3.88. The number of carbonyl (C=O) groups excluding carboxylic acids is 1. The minimum atomic E-state index is -3.70. The van der Waals surface area contributed by atoms with E-state index in [9.17, 15) is 13.2 Å². The molecule has 128 valence electrons. The zero-order valence-electron chi connectivity index (χ0n) is 13.7. The number of nitrogens with one attached hydrogen (secondary N) is 1. The lowest BCUT2D eigenvalue weighted by Gasteiger charge is -2.17. The van der Waals surface area contributed by atoms with Crippen LogP contribution in [0.5, 0.6) is 0 Å². The van der Waals surface area contributed by atoms with Crippen molar-refractivity contribution in [2.24, 2.45) is 0 Å². The third-order valence-corrected chi connectivity index (χ3v) is 5.70. The molecule has 0 bridgehead atoms. The Bertz CT molecular complexity index is 996. The molecular formula is C19H18N2O3S. The van der Waals surface area contributed by atoms with E-state index in [2.05, 4.69) is 5.32 Å². The molecule has 0 radical (unpaired) electrons. The van der Waals surface area contributed by atoms with Crippen LogP contribution in [0.3, 0.4) is 0 Å². The Morgan fingerprint density at radius 2 is 1.56 bits per heavy atom. The van der Waals surface area contributed by atoms with Crippen molar-refractivity contribution >= 4 is 32.4 Å². The zero-order valence-corrected chi connectivity index (χ0v) is 14.5. The maximum absolute atomic E-state index is 12.5. The van der Waals surface area contributed by atoms with E-state index in [1.165, 1.54) is 19.2 Å². The number of fused-ring (bicyclic) bond motifs is 1. The second kappa shape index (κ2) is 7.04. The number of amides is 1. The molecule has 3 aromatic rings. The molecule has 0 fully saturated rings. The lowest BCUT2D eigenvalue weighted by atomic mass is 10.1. The van der Waals surface area contributed by atoms with Crippen molar-refractivity contribution in [3.05, 3.63) is 72.8 Å². The lowest BCUT2D eigenvalue weighted by molar-refractivity contribution is -0.116. The summed E-state index contributed by atoms with van der Waals surface area (Å²) in [6.07, 6.45) is 0. The highest BCUT2D eigenvalue weighted by molar-refractivity contribution is 7.89. The molecule has 0 saturated carbocycles. The second-order valence-electron chi connectivity index (χ2n) is 5.65. The standard InChI is InChI=1S/C19H18N2O3S/c1-21(25(23,24)16-10-3-2-4-11-16)14-19(22)20-18-13-7-9-15-8-5-6-12-17(15)18/h2-13H,14H2,1H3,(H,20,22). The molecule has 0 heterocycles. The molecule has 5 nitrogen and oxygen atoms in total. The van der Waals surface area contributed by atoms with E-state index in [4.69, 9.17) is 0 Å². The van der Waals surface area contributed by atoms with Gasteiger partial charge in [0.15, 0.2) is 0 Å². The molecule has 1 N–H and O–H groups in total. The number of benzene rings is 3. The molecule has 25 heavy (non-hydrogen) atoms. The Morgan fingerprint density at radius 3 is 2.32 bits per heavy atom. The first-order chi connectivity index (χ1) is 12.0. The number of likely N-dealkylation sites (N-methyl/N-ethyl adjacent to an activating group) is 1. The van der Waals surface area contributed by atoms with E-state index in [0.717, 1.165) is 15.1 Å². The molecule has 0 spiro atoms. The average molecular weight is 354 g/mol. The summed E-state index contributed by atoms with van der Waals surface area (Å²) in [6.45, 7) is -0.263. The van der Waals surface area contributed by atoms with Gasteiger partial charge in [-0.15, -0.1) is 0 Å². The maximum atomic E-state index is 12.5. The Morgan fingerprint density at radius 1 is 0.920 bits per heavy atom. The number of nitrogens with zero attached hydrogens (tertiary/aromatic N) is 1. The molecule has 6 heteroatoms. The summed E-state index contributed by atoms with van der Waals surface area (Å²) in [4.78, 5) is 12.5. The Labute approximate surface area is 146 Å².